The number of hydrogen-bond acceptors (Lipinski definition) is 6. The maximum absolute atomic E-state index is 12.2. The molecule has 0 aliphatic carbocycles. The largest absolute Gasteiger partial charge is 0.365 e. The lowest BCUT2D eigenvalue weighted by Crippen LogP contribution is -2.29. The van der Waals surface area contributed by atoms with Crippen LogP contribution in [0, 0.1) is 15.5 Å². The number of nitrogens with one attached hydrogen (secondary N) is 1. The Labute approximate surface area is 141 Å². The van der Waals surface area contributed by atoms with Crippen LogP contribution in [0.25, 0.3) is 0 Å². The molecular weight excluding hydrogens is 332 g/mol. The van der Waals surface area contributed by atoms with Gasteiger partial charge in [0.15, 0.2) is 0 Å². The topological polar surface area (TPSA) is 95.8 Å². The second kappa shape index (κ2) is 5.98. The minimum absolute atomic E-state index is 0.0561. The molecule has 0 aromatic heterocycles. The molecule has 1 aromatic carbocycles. The molecule has 24 heavy (non-hydrogen) atoms. The smallest absolute Gasteiger partial charge is 0.293 e. The Balaban J connectivity index is 1.96. The van der Waals surface area contributed by atoms with Gasteiger partial charge in [-0.25, -0.2) is 12.7 Å². The van der Waals surface area contributed by atoms with E-state index in [0.29, 0.717) is 5.69 Å². The zero-order valence-electron chi connectivity index (χ0n) is 13.9. The first-order valence-corrected chi connectivity index (χ1v) is 9.36. The fourth-order valence-electron chi connectivity index (χ4n) is 3.57. The fourth-order valence-corrected chi connectivity index (χ4v) is 4.49. The van der Waals surface area contributed by atoms with E-state index >= 15 is 0 Å². The van der Waals surface area contributed by atoms with Gasteiger partial charge in [-0.05, 0) is 31.5 Å². The number of anilines is 1. The quantitative estimate of drug-likeness (QED) is 0.641. The van der Waals surface area contributed by atoms with Crippen LogP contribution in [-0.4, -0.2) is 57.9 Å². The highest BCUT2D eigenvalue weighted by Crippen LogP contribution is 2.41. The normalized spacial score (nSPS) is 24.2. The summed E-state index contributed by atoms with van der Waals surface area (Å²) in [6, 6.07) is 4.19. The summed E-state index contributed by atoms with van der Waals surface area (Å²) < 4.78 is 25.5. The lowest BCUT2D eigenvalue weighted by atomic mass is 9.86. The van der Waals surface area contributed by atoms with Gasteiger partial charge >= 0.3 is 0 Å². The number of nitrogens with zero attached hydrogens (tertiary/aromatic N) is 3. The van der Waals surface area contributed by atoms with Gasteiger partial charge in [-0.2, -0.15) is 0 Å². The molecule has 0 bridgehead atoms. The predicted molar refractivity (Wildman–Crippen MR) is 90.7 cm³/mol. The summed E-state index contributed by atoms with van der Waals surface area (Å²) in [7, 11) is -0.877. The van der Waals surface area contributed by atoms with E-state index in [1.165, 1.54) is 26.2 Å². The van der Waals surface area contributed by atoms with Crippen molar-refractivity contribution in [3.8, 4) is 0 Å². The zero-order valence-corrected chi connectivity index (χ0v) is 14.7. The second-order valence-electron chi connectivity index (χ2n) is 6.79. The third kappa shape index (κ3) is 2.87. The molecule has 2 aliphatic rings. The molecule has 1 atom stereocenters. The summed E-state index contributed by atoms with van der Waals surface area (Å²) in [5, 5.41) is 14.9. The molecule has 2 aliphatic heterocycles. The fraction of sp³-hybridized carbons (Fsp3) is 0.600. The van der Waals surface area contributed by atoms with E-state index in [0.717, 1.165) is 43.3 Å². The predicted octanol–water partition coefficient (Wildman–Crippen LogP) is 1.03. The van der Waals surface area contributed by atoms with Gasteiger partial charge in [0.25, 0.3) is 5.69 Å². The lowest BCUT2D eigenvalue weighted by molar-refractivity contribution is -0.384. The van der Waals surface area contributed by atoms with Gasteiger partial charge in [-0.15, -0.1) is 0 Å². The van der Waals surface area contributed by atoms with Crippen molar-refractivity contribution in [3.63, 3.8) is 0 Å². The second-order valence-corrected chi connectivity index (χ2v) is 8.95. The van der Waals surface area contributed by atoms with Crippen LogP contribution in [0.5, 0.6) is 0 Å². The Morgan fingerprint density at radius 2 is 2.08 bits per heavy atom. The van der Waals surface area contributed by atoms with Gasteiger partial charge in [0.2, 0.25) is 10.0 Å². The van der Waals surface area contributed by atoms with Crippen LogP contribution >= 0.6 is 0 Å². The molecule has 1 aromatic rings. The third-order valence-corrected chi connectivity index (χ3v) is 6.84. The molecule has 2 heterocycles. The molecule has 0 amide bonds. The SMILES string of the molecule is CN(C)S(=O)(=O)c1ccc(N2CCC3(CCNC3)C2)c([N+](=O)[O-])c1. The Morgan fingerprint density at radius 1 is 1.33 bits per heavy atom. The molecule has 1 spiro atoms. The molecule has 2 fully saturated rings. The van der Waals surface area contributed by atoms with Crippen LogP contribution < -0.4 is 10.2 Å². The van der Waals surface area contributed by atoms with Crippen LogP contribution in [0.3, 0.4) is 0 Å². The summed E-state index contributed by atoms with van der Waals surface area (Å²) in [5.41, 5.74) is 0.532. The summed E-state index contributed by atoms with van der Waals surface area (Å²) >= 11 is 0. The summed E-state index contributed by atoms with van der Waals surface area (Å²) in [6.45, 7) is 3.43. The average Bonchev–Trinajstić information content (AvgIpc) is 3.17. The average molecular weight is 354 g/mol. The number of hydrogen-bond donors (Lipinski definition) is 1. The van der Waals surface area contributed by atoms with Crippen LogP contribution in [0.1, 0.15) is 12.8 Å². The molecule has 0 saturated carbocycles. The third-order valence-electron chi connectivity index (χ3n) is 5.03. The van der Waals surface area contributed by atoms with Crippen LogP contribution in [-0.2, 0) is 10.0 Å². The lowest BCUT2D eigenvalue weighted by Gasteiger charge is -2.24. The van der Waals surface area contributed by atoms with Crippen LogP contribution in [0.2, 0.25) is 0 Å². The van der Waals surface area contributed by atoms with Gasteiger partial charge in [0.05, 0.1) is 9.82 Å². The summed E-state index contributed by atoms with van der Waals surface area (Å²) in [4.78, 5) is 13.0. The van der Waals surface area contributed by atoms with E-state index in [2.05, 4.69) is 5.32 Å². The van der Waals surface area contributed by atoms with Crippen molar-refractivity contribution in [1.29, 1.82) is 0 Å². The van der Waals surface area contributed by atoms with E-state index in [1.807, 2.05) is 4.90 Å². The molecule has 8 nitrogen and oxygen atoms in total. The van der Waals surface area contributed by atoms with Gasteiger partial charge in [-0.1, -0.05) is 0 Å². The first kappa shape index (κ1) is 17.1. The van der Waals surface area contributed by atoms with E-state index in [4.69, 9.17) is 0 Å². The summed E-state index contributed by atoms with van der Waals surface area (Å²) in [6.07, 6.45) is 2.07. The van der Waals surface area contributed by atoms with Crippen LogP contribution in [0.15, 0.2) is 23.1 Å². The summed E-state index contributed by atoms with van der Waals surface area (Å²) in [5.74, 6) is 0. The molecule has 132 valence electrons. The highest BCUT2D eigenvalue weighted by molar-refractivity contribution is 7.89. The Hall–Kier alpha value is -1.71. The highest BCUT2D eigenvalue weighted by atomic mass is 32.2. The standard InChI is InChI=1S/C15H22N4O4S/c1-17(2)24(22,23)12-3-4-13(14(9-12)19(20)21)18-8-6-15(11-18)5-7-16-10-15/h3-4,9,16H,5-8,10-11H2,1-2H3. The first-order chi connectivity index (χ1) is 11.3. The molecule has 3 rings (SSSR count). The van der Waals surface area contributed by atoms with Gasteiger partial charge in [0.1, 0.15) is 5.69 Å². The highest BCUT2D eigenvalue weighted by Gasteiger charge is 2.41. The Bertz CT molecular complexity index is 757. The minimum Gasteiger partial charge on any atom is -0.365 e. The van der Waals surface area contributed by atoms with Crippen molar-refractivity contribution in [1.82, 2.24) is 9.62 Å². The molecular formula is C15H22N4O4S. The Kier molecular flexibility index (Phi) is 4.27. The first-order valence-electron chi connectivity index (χ1n) is 7.92. The van der Waals surface area contributed by atoms with E-state index in [9.17, 15) is 18.5 Å². The maximum atomic E-state index is 12.2. The van der Waals surface area contributed by atoms with Crippen LogP contribution in [0.4, 0.5) is 11.4 Å². The molecule has 1 unspecified atom stereocenters. The minimum atomic E-state index is -3.69. The zero-order chi connectivity index (χ0) is 17.5. The van der Waals surface area contributed by atoms with Crippen molar-refractivity contribution >= 4 is 21.4 Å². The van der Waals surface area contributed by atoms with E-state index in [1.54, 1.807) is 6.07 Å². The van der Waals surface area contributed by atoms with Crippen molar-refractivity contribution in [2.24, 2.45) is 5.41 Å². The number of sulfonamides is 1. The monoisotopic (exact) mass is 354 g/mol. The van der Waals surface area contributed by atoms with Gasteiger partial charge in [0, 0.05) is 45.2 Å². The molecule has 1 N–H and O–H groups in total. The molecule has 2 saturated heterocycles. The molecule has 0 radical (unpaired) electrons. The number of nitro groups is 1. The number of nitro benzene ring substituents is 1. The number of rotatable bonds is 4. The van der Waals surface area contributed by atoms with Gasteiger partial charge < -0.3 is 10.2 Å². The molecule has 9 heteroatoms. The van der Waals surface area contributed by atoms with Crippen molar-refractivity contribution in [2.45, 2.75) is 17.7 Å². The number of benzene rings is 1. The van der Waals surface area contributed by atoms with Crippen molar-refractivity contribution in [2.75, 3.05) is 45.2 Å². The van der Waals surface area contributed by atoms with E-state index < -0.39 is 14.9 Å². The Morgan fingerprint density at radius 3 is 2.67 bits per heavy atom. The van der Waals surface area contributed by atoms with E-state index in [-0.39, 0.29) is 16.0 Å². The van der Waals surface area contributed by atoms with Gasteiger partial charge in [-0.3, -0.25) is 10.1 Å². The maximum Gasteiger partial charge on any atom is 0.293 e. The van der Waals surface area contributed by atoms with Crippen molar-refractivity contribution < 1.29 is 13.3 Å². The van der Waals surface area contributed by atoms with Crippen molar-refractivity contribution in [3.05, 3.63) is 28.3 Å².